The molecule has 0 aliphatic carbocycles. The lowest BCUT2D eigenvalue weighted by molar-refractivity contribution is -0.142. The third-order valence-corrected chi connectivity index (χ3v) is 1.37. The van der Waals surface area contributed by atoms with E-state index in [1.807, 2.05) is 0 Å². The summed E-state index contributed by atoms with van der Waals surface area (Å²) in [4.78, 5) is 20.7. The van der Waals surface area contributed by atoms with Gasteiger partial charge in [0.25, 0.3) is 0 Å². The number of rotatable bonds is 4. The average molecular weight is 173 g/mol. The second-order valence-electron chi connectivity index (χ2n) is 2.81. The molecule has 0 amide bonds. The van der Waals surface area contributed by atoms with Gasteiger partial charge in [0, 0.05) is 12.0 Å². The molecule has 0 heterocycles. The van der Waals surface area contributed by atoms with Crippen molar-refractivity contribution in [2.45, 2.75) is 18.9 Å². The summed E-state index contributed by atoms with van der Waals surface area (Å²) in [7, 11) is 0. The summed E-state index contributed by atoms with van der Waals surface area (Å²) in [6, 6.07) is 0. The lowest BCUT2D eigenvalue weighted by Crippen LogP contribution is -2.45. The Bertz CT molecular complexity index is 232. The molecule has 1 atom stereocenters. The molecule has 0 aromatic carbocycles. The molecule has 0 saturated carbocycles. The third kappa shape index (κ3) is 2.71. The normalized spacial score (nSPS) is 14.8. The van der Waals surface area contributed by atoms with Gasteiger partial charge in [-0.2, -0.15) is 0 Å². The predicted octanol–water partition coefficient (Wildman–Crippen LogP) is -0.181. The zero-order chi connectivity index (χ0) is 9.94. The molecule has 5 nitrogen and oxygen atoms in total. The van der Waals surface area contributed by atoms with Crippen molar-refractivity contribution < 1.29 is 19.8 Å². The predicted molar refractivity (Wildman–Crippen MR) is 41.6 cm³/mol. The van der Waals surface area contributed by atoms with Crippen LogP contribution in [0.1, 0.15) is 13.3 Å². The molecule has 0 radical (unpaired) electrons. The molecular formula is C7H11NO4. The van der Waals surface area contributed by atoms with Crippen molar-refractivity contribution in [3.05, 3.63) is 12.2 Å². The summed E-state index contributed by atoms with van der Waals surface area (Å²) in [6.45, 7) is 4.42. The van der Waals surface area contributed by atoms with Gasteiger partial charge in [-0.3, -0.25) is 4.79 Å². The molecule has 0 spiro atoms. The lowest BCUT2D eigenvalue weighted by atomic mass is 9.95. The van der Waals surface area contributed by atoms with E-state index in [1.54, 1.807) is 0 Å². The summed E-state index contributed by atoms with van der Waals surface area (Å²) in [6.07, 6.45) is -0.266. The first-order chi connectivity index (χ1) is 5.27. The Kier molecular flexibility index (Phi) is 2.98. The first-order valence-corrected chi connectivity index (χ1v) is 3.20. The van der Waals surface area contributed by atoms with Crippen LogP contribution in [0.4, 0.5) is 0 Å². The van der Waals surface area contributed by atoms with Gasteiger partial charge >= 0.3 is 11.9 Å². The van der Waals surface area contributed by atoms with Crippen molar-refractivity contribution in [3.63, 3.8) is 0 Å². The van der Waals surface area contributed by atoms with Crippen LogP contribution in [0.25, 0.3) is 0 Å². The van der Waals surface area contributed by atoms with Crippen LogP contribution in [0.2, 0.25) is 0 Å². The zero-order valence-corrected chi connectivity index (χ0v) is 6.70. The summed E-state index contributed by atoms with van der Waals surface area (Å²) < 4.78 is 0. The fourth-order valence-corrected chi connectivity index (χ4v) is 0.595. The van der Waals surface area contributed by atoms with E-state index in [0.29, 0.717) is 0 Å². The number of carboxylic acid groups (broad SMARTS) is 2. The maximum Gasteiger partial charge on any atom is 0.331 e. The highest BCUT2D eigenvalue weighted by Crippen LogP contribution is 2.12. The minimum absolute atomic E-state index is 0.206. The number of hydrogen-bond donors (Lipinski definition) is 3. The van der Waals surface area contributed by atoms with Crippen LogP contribution < -0.4 is 5.73 Å². The molecule has 4 N–H and O–H groups in total. The van der Waals surface area contributed by atoms with Gasteiger partial charge < -0.3 is 15.9 Å². The number of carboxylic acids is 2. The Morgan fingerprint density at radius 3 is 2.17 bits per heavy atom. The molecule has 0 aliphatic rings. The average Bonchev–Trinajstić information content (AvgIpc) is 1.85. The summed E-state index contributed by atoms with van der Waals surface area (Å²) in [5.74, 6) is -2.47. The first-order valence-electron chi connectivity index (χ1n) is 3.20. The quantitative estimate of drug-likeness (QED) is 0.512. The van der Waals surface area contributed by atoms with Crippen molar-refractivity contribution in [3.8, 4) is 0 Å². The number of aliphatic carboxylic acids is 2. The van der Waals surface area contributed by atoms with Crippen LogP contribution in [-0.2, 0) is 9.59 Å². The Morgan fingerprint density at radius 2 is 1.92 bits per heavy atom. The van der Waals surface area contributed by atoms with Gasteiger partial charge in [-0.25, -0.2) is 4.79 Å². The van der Waals surface area contributed by atoms with Crippen molar-refractivity contribution >= 4 is 11.9 Å². The smallest absolute Gasteiger partial charge is 0.331 e. The van der Waals surface area contributed by atoms with Gasteiger partial charge in [0.15, 0.2) is 0 Å². The number of hydrogen-bond acceptors (Lipinski definition) is 3. The highest BCUT2D eigenvalue weighted by atomic mass is 16.4. The van der Waals surface area contributed by atoms with E-state index in [2.05, 4.69) is 6.58 Å². The highest BCUT2D eigenvalue weighted by Gasteiger charge is 2.30. The zero-order valence-electron chi connectivity index (χ0n) is 6.70. The van der Waals surface area contributed by atoms with E-state index in [1.165, 1.54) is 6.92 Å². The highest BCUT2D eigenvalue weighted by molar-refractivity contribution is 5.88. The molecule has 68 valence electrons. The van der Waals surface area contributed by atoms with E-state index >= 15 is 0 Å². The molecule has 5 heteroatoms. The van der Waals surface area contributed by atoms with E-state index in [4.69, 9.17) is 15.9 Å². The molecule has 0 saturated heterocycles. The molecular weight excluding hydrogens is 162 g/mol. The second kappa shape index (κ2) is 3.36. The van der Waals surface area contributed by atoms with E-state index < -0.39 is 17.5 Å². The fourth-order valence-electron chi connectivity index (χ4n) is 0.595. The molecule has 12 heavy (non-hydrogen) atoms. The molecule has 0 aliphatic heterocycles. The molecule has 0 rings (SSSR count). The van der Waals surface area contributed by atoms with Crippen LogP contribution >= 0.6 is 0 Å². The standard InChI is InChI=1S/C7H11NO4/c1-4(5(9)10)3-7(2,8)6(11)12/h1,3,8H2,2H3,(H,9,10)(H,11,12). The van der Waals surface area contributed by atoms with Crippen LogP contribution in [0.15, 0.2) is 12.2 Å². The molecule has 0 aromatic heterocycles. The Labute approximate surface area is 69.5 Å². The van der Waals surface area contributed by atoms with Crippen molar-refractivity contribution in [2.75, 3.05) is 0 Å². The van der Waals surface area contributed by atoms with Gasteiger partial charge in [0.1, 0.15) is 5.54 Å². The molecule has 1 unspecified atom stereocenters. The Hall–Kier alpha value is -1.36. The Balaban J connectivity index is 4.35. The van der Waals surface area contributed by atoms with Gasteiger partial charge in [0.2, 0.25) is 0 Å². The van der Waals surface area contributed by atoms with Gasteiger partial charge in [-0.15, -0.1) is 0 Å². The molecule has 0 aromatic rings. The summed E-state index contributed by atoms with van der Waals surface area (Å²) in [5, 5.41) is 16.9. The maximum absolute atomic E-state index is 10.4. The largest absolute Gasteiger partial charge is 0.480 e. The van der Waals surface area contributed by atoms with E-state index in [9.17, 15) is 9.59 Å². The topological polar surface area (TPSA) is 101 Å². The second-order valence-corrected chi connectivity index (χ2v) is 2.81. The van der Waals surface area contributed by atoms with Crippen LogP contribution in [-0.4, -0.2) is 27.7 Å². The third-order valence-electron chi connectivity index (χ3n) is 1.37. The lowest BCUT2D eigenvalue weighted by Gasteiger charge is -2.18. The first kappa shape index (κ1) is 10.6. The van der Waals surface area contributed by atoms with Crippen LogP contribution in [0, 0.1) is 0 Å². The minimum Gasteiger partial charge on any atom is -0.480 e. The Morgan fingerprint density at radius 1 is 1.50 bits per heavy atom. The van der Waals surface area contributed by atoms with Crippen LogP contribution in [0.5, 0.6) is 0 Å². The van der Waals surface area contributed by atoms with Crippen molar-refractivity contribution in [1.82, 2.24) is 0 Å². The summed E-state index contributed by atoms with van der Waals surface area (Å²) in [5.41, 5.74) is 3.51. The van der Waals surface area contributed by atoms with E-state index in [-0.39, 0.29) is 12.0 Å². The maximum atomic E-state index is 10.4. The van der Waals surface area contributed by atoms with E-state index in [0.717, 1.165) is 0 Å². The van der Waals surface area contributed by atoms with Crippen molar-refractivity contribution in [1.29, 1.82) is 0 Å². The fraction of sp³-hybridized carbons (Fsp3) is 0.429. The molecule has 0 bridgehead atoms. The van der Waals surface area contributed by atoms with Crippen LogP contribution in [0.3, 0.4) is 0 Å². The number of nitrogens with two attached hydrogens (primary N) is 1. The SMILES string of the molecule is C=C(CC(C)(N)C(=O)O)C(=O)O. The molecule has 0 fully saturated rings. The van der Waals surface area contributed by atoms with Gasteiger partial charge in [-0.1, -0.05) is 6.58 Å². The number of carbonyl (C=O) groups is 2. The monoisotopic (exact) mass is 173 g/mol. The van der Waals surface area contributed by atoms with Gasteiger partial charge in [0.05, 0.1) is 0 Å². The van der Waals surface area contributed by atoms with Gasteiger partial charge in [-0.05, 0) is 6.92 Å². The minimum atomic E-state index is -1.56. The van der Waals surface area contributed by atoms with Crippen molar-refractivity contribution in [2.24, 2.45) is 5.73 Å². The summed E-state index contributed by atoms with van der Waals surface area (Å²) >= 11 is 0.